The molecular weight excluding hydrogens is 825 g/mol. The third kappa shape index (κ3) is 7.70. The Morgan fingerprint density at radius 2 is 1.78 bits per heavy atom. The summed E-state index contributed by atoms with van der Waals surface area (Å²) in [7, 11) is -2.18. The van der Waals surface area contributed by atoms with Crippen LogP contribution in [0, 0.1) is 17.6 Å². The van der Waals surface area contributed by atoms with Crippen molar-refractivity contribution in [1.29, 1.82) is 0 Å². The van der Waals surface area contributed by atoms with E-state index in [9.17, 15) is 35.9 Å². The molecule has 0 radical (unpaired) electrons. The van der Waals surface area contributed by atoms with Gasteiger partial charge in [-0.1, -0.05) is 23.5 Å². The Hall–Kier alpha value is -5.28. The molecule has 3 atom stereocenters. The van der Waals surface area contributed by atoms with Crippen molar-refractivity contribution in [3.63, 3.8) is 0 Å². The number of halogens is 6. The molecule has 59 heavy (non-hydrogen) atoms. The predicted octanol–water partition coefficient (Wildman–Crippen LogP) is 6.91. The molecule has 0 bridgehead atoms. The van der Waals surface area contributed by atoms with Crippen molar-refractivity contribution in [3.8, 4) is 11.1 Å². The Kier molecular flexibility index (Phi) is 9.93. The van der Waals surface area contributed by atoms with Crippen LogP contribution in [-0.2, 0) is 40.8 Å². The number of carbonyl (C=O) groups excluding carboxylic acids is 1. The molecule has 6 aromatic rings. The van der Waals surface area contributed by atoms with Gasteiger partial charge in [-0.3, -0.25) is 18.9 Å². The number of hydrogen-bond acceptors (Lipinski definition) is 10. The molecule has 0 spiro atoms. The number of fused-ring (bicyclic) bond motifs is 5. The summed E-state index contributed by atoms with van der Waals surface area (Å²) >= 11 is 1.19. The lowest BCUT2D eigenvalue weighted by molar-refractivity contribution is -0.123. The quantitative estimate of drug-likeness (QED) is 0.0902. The number of aliphatic hydroxyl groups is 1. The van der Waals surface area contributed by atoms with Crippen molar-refractivity contribution >= 4 is 59.5 Å². The number of para-hydroxylation sites is 1. The summed E-state index contributed by atoms with van der Waals surface area (Å²) in [5, 5.41) is 25.1. The second kappa shape index (κ2) is 14.5. The number of alkyl halides is 4. The second-order valence-electron chi connectivity index (χ2n) is 15.6. The summed E-state index contributed by atoms with van der Waals surface area (Å²) in [5.41, 5.74) is -1.31. The Bertz CT molecular complexity index is 2740. The van der Waals surface area contributed by atoms with Crippen LogP contribution < -0.4 is 15.4 Å². The van der Waals surface area contributed by atoms with Crippen LogP contribution in [0.25, 0.3) is 32.4 Å². The number of thiazole rings is 1. The third-order valence-corrected chi connectivity index (χ3v) is 12.0. The van der Waals surface area contributed by atoms with Gasteiger partial charge in [0.25, 0.3) is 12.3 Å². The first kappa shape index (κ1) is 40.5. The molecule has 2 aliphatic carbocycles. The largest absolute Gasteiger partial charge is 0.389 e. The summed E-state index contributed by atoms with van der Waals surface area (Å²) < 4.78 is 119. The molecule has 312 valence electrons. The van der Waals surface area contributed by atoms with Gasteiger partial charge in [0, 0.05) is 47.7 Å². The van der Waals surface area contributed by atoms with Crippen molar-refractivity contribution in [2.75, 3.05) is 22.8 Å². The number of amides is 1. The summed E-state index contributed by atoms with van der Waals surface area (Å²) in [6.07, 6.45) is -2.08. The normalized spacial score (nSPS) is 17.9. The van der Waals surface area contributed by atoms with Crippen LogP contribution in [0.15, 0.2) is 42.5 Å². The molecule has 1 saturated carbocycles. The van der Waals surface area contributed by atoms with E-state index in [4.69, 9.17) is 4.98 Å². The minimum Gasteiger partial charge on any atom is -0.389 e. The van der Waals surface area contributed by atoms with Crippen LogP contribution in [0.5, 0.6) is 0 Å². The summed E-state index contributed by atoms with van der Waals surface area (Å²) in [6, 6.07) is 8.20. The van der Waals surface area contributed by atoms with Crippen LogP contribution in [-0.4, -0.2) is 67.4 Å². The number of hydrogen-bond donors (Lipinski definition) is 4. The zero-order valence-corrected chi connectivity index (χ0v) is 33.5. The first-order valence-corrected chi connectivity index (χ1v) is 21.1. The molecule has 8 rings (SSSR count). The van der Waals surface area contributed by atoms with E-state index in [0.717, 1.165) is 18.4 Å². The van der Waals surface area contributed by atoms with Crippen molar-refractivity contribution in [1.82, 2.24) is 34.8 Å². The molecule has 4 aromatic heterocycles. The maximum Gasteiger partial charge on any atom is 0.293 e. The maximum atomic E-state index is 15.7. The van der Waals surface area contributed by atoms with Gasteiger partial charge in [0.1, 0.15) is 29.6 Å². The topological polar surface area (TPSA) is 169 Å². The summed E-state index contributed by atoms with van der Waals surface area (Å²) in [4.78, 5) is 23.5. The van der Waals surface area contributed by atoms with Crippen molar-refractivity contribution < 1.29 is 44.7 Å². The van der Waals surface area contributed by atoms with Crippen LogP contribution in [0.1, 0.15) is 73.3 Å². The van der Waals surface area contributed by atoms with E-state index in [1.165, 1.54) is 16.0 Å². The molecule has 13 nitrogen and oxygen atoms in total. The second-order valence-corrected chi connectivity index (χ2v) is 18.4. The Labute approximate surface area is 336 Å². The number of pyridine rings is 1. The van der Waals surface area contributed by atoms with E-state index in [1.54, 1.807) is 45.2 Å². The van der Waals surface area contributed by atoms with Gasteiger partial charge in [-0.25, -0.2) is 35.9 Å². The van der Waals surface area contributed by atoms with Gasteiger partial charge >= 0.3 is 0 Å². The van der Waals surface area contributed by atoms with Gasteiger partial charge in [0.15, 0.2) is 16.6 Å². The minimum atomic E-state index is -3.77. The van der Waals surface area contributed by atoms with Crippen LogP contribution in [0.3, 0.4) is 0 Å². The number of nitrogens with zero attached hydrogens (tertiary/aromatic N) is 6. The zero-order chi connectivity index (χ0) is 42.3. The molecule has 0 aliphatic heterocycles. The average molecular weight is 862 g/mol. The molecule has 0 unspecified atom stereocenters. The number of aryl methyl sites for hydroxylation is 1. The molecule has 2 aliphatic rings. The Morgan fingerprint density at radius 1 is 1.05 bits per heavy atom. The molecule has 1 fully saturated rings. The first-order chi connectivity index (χ1) is 27.7. The van der Waals surface area contributed by atoms with E-state index in [1.807, 2.05) is 0 Å². The molecule has 21 heteroatoms. The predicted molar refractivity (Wildman–Crippen MR) is 208 cm³/mol. The molecule has 4 N–H and O–H groups in total. The van der Waals surface area contributed by atoms with E-state index < -0.39 is 81.3 Å². The highest BCUT2D eigenvalue weighted by Gasteiger charge is 2.62. The molecular formula is C38H37F6N9O4S2. The maximum absolute atomic E-state index is 15.7. The summed E-state index contributed by atoms with van der Waals surface area (Å²) in [6.45, 7) is 2.42. The average Bonchev–Trinajstić information content (AvgIpc) is 3.80. The lowest BCUT2D eigenvalue weighted by Crippen LogP contribution is -2.36. The highest BCUT2D eigenvalue weighted by Crippen LogP contribution is 2.63. The van der Waals surface area contributed by atoms with E-state index in [2.05, 4.69) is 30.5 Å². The highest BCUT2D eigenvalue weighted by atomic mass is 32.2. The summed E-state index contributed by atoms with van der Waals surface area (Å²) in [5.74, 6) is -8.23. The molecule has 4 heterocycles. The smallest absolute Gasteiger partial charge is 0.293 e. The fraction of sp³-hybridized carbons (Fsp3) is 0.395. The number of rotatable bonds is 13. The lowest BCUT2D eigenvalue weighted by Gasteiger charge is -2.34. The first-order valence-electron chi connectivity index (χ1n) is 18.4. The van der Waals surface area contributed by atoms with Gasteiger partial charge in [-0.15, -0.1) is 0 Å². The number of carbonyl (C=O) groups is 1. The van der Waals surface area contributed by atoms with Crippen LogP contribution in [0.2, 0.25) is 0 Å². The van der Waals surface area contributed by atoms with Gasteiger partial charge in [-0.2, -0.15) is 19.0 Å². The minimum absolute atomic E-state index is 0.0265. The number of aromatic nitrogens is 6. The molecule has 0 saturated heterocycles. The fourth-order valence-corrected chi connectivity index (χ4v) is 9.38. The van der Waals surface area contributed by atoms with Crippen LogP contribution in [0.4, 0.5) is 37.3 Å². The number of benzene rings is 2. The SMILES string of the molecule is Cn1nc(NS(C)(=O)=O)c2cccc(-c3cc4sc(NCC(C)(C)O)nc4nc3[C@H](Cc3cc(F)cc(F)c3)NC(=O)Cn3nc(C(F)F)c4c3C(F)(F)[C@@H]3CC[C@H]43)c21. The van der Waals surface area contributed by atoms with Crippen molar-refractivity contribution in [3.05, 3.63) is 82.3 Å². The van der Waals surface area contributed by atoms with E-state index in [0.29, 0.717) is 42.6 Å². The number of anilines is 2. The van der Waals surface area contributed by atoms with E-state index >= 15 is 8.78 Å². The van der Waals surface area contributed by atoms with Gasteiger partial charge in [0.05, 0.1) is 33.8 Å². The van der Waals surface area contributed by atoms with Gasteiger partial charge < -0.3 is 15.7 Å². The standard InChI is InChI=1S/C38H37F6N9O4S2/c1-37(2,55)16-45-36-48-35-26(58-36)14-23(20-6-5-7-22-31(20)52(3)50-34(22)51-59(4,56)57)29(47-35)25(12-17-10-18(39)13-19(40)11-17)46-27(54)15-53-32-28(30(49-53)33(41)42)21-8-9-24(21)38(32,43)44/h5-7,10-11,13-14,21,24-25,33,55H,8-9,12,15-16H2,1-4H3,(H,46,54)(H,50,51)(H,45,47,48)/t21-,24+,25-/m0/s1. The number of nitrogens with one attached hydrogen (secondary N) is 3. The monoisotopic (exact) mass is 861 g/mol. The third-order valence-electron chi connectivity index (χ3n) is 10.5. The Morgan fingerprint density at radius 3 is 2.42 bits per heavy atom. The van der Waals surface area contributed by atoms with Gasteiger partial charge in [0.2, 0.25) is 15.9 Å². The number of sulfonamides is 1. The van der Waals surface area contributed by atoms with Crippen molar-refractivity contribution in [2.24, 2.45) is 13.0 Å². The molecule has 2 aromatic carbocycles. The van der Waals surface area contributed by atoms with Gasteiger partial charge in [-0.05, 0) is 68.9 Å². The lowest BCUT2D eigenvalue weighted by atomic mass is 9.73. The van der Waals surface area contributed by atoms with Crippen molar-refractivity contribution in [2.45, 2.75) is 69.6 Å². The Balaban J connectivity index is 1.28. The molecule has 1 amide bonds. The van der Waals surface area contributed by atoms with E-state index in [-0.39, 0.29) is 54.1 Å². The highest BCUT2D eigenvalue weighted by molar-refractivity contribution is 7.92. The van der Waals surface area contributed by atoms with Crippen LogP contribution >= 0.6 is 11.3 Å². The fourth-order valence-electron chi connectivity index (χ4n) is 8.03. The zero-order valence-electron chi connectivity index (χ0n) is 31.8.